The molecule has 1 N–H and O–H groups in total. The summed E-state index contributed by atoms with van der Waals surface area (Å²) < 4.78 is 12.7. The van der Waals surface area contributed by atoms with Crippen molar-refractivity contribution in [2.45, 2.75) is 26.2 Å². The van der Waals surface area contributed by atoms with Gasteiger partial charge >= 0.3 is 5.69 Å². The number of benzene rings is 1. The fraction of sp³-hybridized carbons (Fsp3) is 0.471. The fourth-order valence-corrected chi connectivity index (χ4v) is 2.93. The van der Waals surface area contributed by atoms with E-state index in [4.69, 9.17) is 9.47 Å². The Balaban J connectivity index is 1.82. The molecule has 134 valence electrons. The molecule has 1 aromatic heterocycles. The van der Waals surface area contributed by atoms with Gasteiger partial charge in [-0.15, -0.1) is 0 Å². The highest BCUT2D eigenvalue weighted by molar-refractivity contribution is 5.59. The smallest absolute Gasteiger partial charge is 0.333 e. The summed E-state index contributed by atoms with van der Waals surface area (Å²) in [4.78, 5) is 10.9. The minimum atomic E-state index is -0.401. The minimum absolute atomic E-state index is 0.0143. The van der Waals surface area contributed by atoms with Crippen LogP contribution in [0.15, 0.2) is 18.2 Å². The molecule has 1 aliphatic rings. The van der Waals surface area contributed by atoms with E-state index in [-0.39, 0.29) is 11.1 Å². The van der Waals surface area contributed by atoms with Crippen molar-refractivity contribution in [1.82, 2.24) is 9.78 Å². The largest absolute Gasteiger partial charge is 0.486 e. The lowest BCUT2D eigenvalue weighted by molar-refractivity contribution is -0.384. The lowest BCUT2D eigenvalue weighted by atomic mass is 9.84. The van der Waals surface area contributed by atoms with Gasteiger partial charge in [-0.05, 0) is 24.6 Å². The van der Waals surface area contributed by atoms with E-state index in [1.165, 1.54) is 4.68 Å². The van der Waals surface area contributed by atoms with Gasteiger partial charge in [0.05, 0.1) is 4.92 Å². The summed E-state index contributed by atoms with van der Waals surface area (Å²) in [6, 6.07) is 5.87. The number of nitrogens with zero attached hydrogens (tertiary/aromatic N) is 3. The van der Waals surface area contributed by atoms with Gasteiger partial charge in [0.2, 0.25) is 5.82 Å². The first-order valence-electron chi connectivity index (χ1n) is 8.11. The van der Waals surface area contributed by atoms with Crippen molar-refractivity contribution in [2.24, 2.45) is 7.05 Å². The third-order valence-electron chi connectivity index (χ3n) is 4.39. The zero-order chi connectivity index (χ0) is 18.2. The van der Waals surface area contributed by atoms with E-state index < -0.39 is 4.92 Å². The van der Waals surface area contributed by atoms with Crippen molar-refractivity contribution in [3.63, 3.8) is 0 Å². The zero-order valence-corrected chi connectivity index (χ0v) is 14.8. The second-order valence-electron chi connectivity index (χ2n) is 6.76. The number of rotatable bonds is 5. The molecule has 0 atom stereocenters. The molecular formula is C17H22N4O4. The van der Waals surface area contributed by atoms with Gasteiger partial charge in [-0.1, -0.05) is 19.9 Å². The molecule has 0 bridgehead atoms. The quantitative estimate of drug-likeness (QED) is 0.661. The SMILES string of the molecule is Cc1nn(C)c(NCC(C)(C)c2ccc3c(c2)OCCO3)c1[N+](=O)[O-]. The van der Waals surface area contributed by atoms with E-state index in [2.05, 4.69) is 24.3 Å². The Morgan fingerprint density at radius 3 is 2.68 bits per heavy atom. The predicted molar refractivity (Wildman–Crippen MR) is 93.5 cm³/mol. The number of aromatic nitrogens is 2. The Hall–Kier alpha value is -2.77. The van der Waals surface area contributed by atoms with Crippen LogP contribution < -0.4 is 14.8 Å². The highest BCUT2D eigenvalue weighted by atomic mass is 16.6. The van der Waals surface area contributed by atoms with Gasteiger partial charge in [0.25, 0.3) is 0 Å². The summed E-state index contributed by atoms with van der Waals surface area (Å²) in [6.07, 6.45) is 0. The number of anilines is 1. The normalized spacial score (nSPS) is 13.6. The molecule has 2 heterocycles. The minimum Gasteiger partial charge on any atom is -0.486 e. The Bertz CT molecular complexity index is 813. The third kappa shape index (κ3) is 3.24. The van der Waals surface area contributed by atoms with Gasteiger partial charge in [-0.2, -0.15) is 5.10 Å². The van der Waals surface area contributed by atoms with Gasteiger partial charge in [0.1, 0.15) is 18.9 Å². The lowest BCUT2D eigenvalue weighted by Gasteiger charge is -2.28. The third-order valence-corrected chi connectivity index (χ3v) is 4.39. The number of nitrogens with one attached hydrogen (secondary N) is 1. The first-order valence-corrected chi connectivity index (χ1v) is 8.11. The van der Waals surface area contributed by atoms with E-state index in [9.17, 15) is 10.1 Å². The first kappa shape index (κ1) is 17.1. The molecule has 1 aromatic carbocycles. The Labute approximate surface area is 145 Å². The van der Waals surface area contributed by atoms with Crippen molar-refractivity contribution in [2.75, 3.05) is 25.1 Å². The van der Waals surface area contributed by atoms with E-state index in [1.54, 1.807) is 14.0 Å². The summed E-state index contributed by atoms with van der Waals surface area (Å²) >= 11 is 0. The van der Waals surface area contributed by atoms with Crippen LogP contribution in [0.5, 0.6) is 11.5 Å². The summed E-state index contributed by atoms with van der Waals surface area (Å²) in [5.41, 5.74) is 1.19. The van der Waals surface area contributed by atoms with Crippen LogP contribution in [-0.4, -0.2) is 34.5 Å². The van der Waals surface area contributed by atoms with Crippen molar-refractivity contribution in [3.8, 4) is 11.5 Å². The zero-order valence-electron chi connectivity index (χ0n) is 14.8. The number of hydrogen-bond acceptors (Lipinski definition) is 6. The maximum Gasteiger partial charge on any atom is 0.333 e. The van der Waals surface area contributed by atoms with E-state index in [0.717, 1.165) is 17.1 Å². The second-order valence-corrected chi connectivity index (χ2v) is 6.76. The lowest BCUT2D eigenvalue weighted by Crippen LogP contribution is -2.29. The topological polar surface area (TPSA) is 91.5 Å². The van der Waals surface area contributed by atoms with Crippen molar-refractivity contribution < 1.29 is 14.4 Å². The second kappa shape index (κ2) is 6.27. The molecule has 0 aliphatic carbocycles. The number of aryl methyl sites for hydroxylation is 2. The highest BCUT2D eigenvalue weighted by Crippen LogP contribution is 2.36. The molecule has 1 aliphatic heterocycles. The molecule has 0 fully saturated rings. The molecule has 0 amide bonds. The van der Waals surface area contributed by atoms with Gasteiger partial charge < -0.3 is 14.8 Å². The first-order chi connectivity index (χ1) is 11.8. The summed E-state index contributed by atoms with van der Waals surface area (Å²) in [5, 5.41) is 18.6. The van der Waals surface area contributed by atoms with Crippen LogP contribution in [0.2, 0.25) is 0 Å². The Kier molecular flexibility index (Phi) is 4.28. The van der Waals surface area contributed by atoms with Crippen LogP contribution in [0.1, 0.15) is 25.1 Å². The maximum atomic E-state index is 11.3. The van der Waals surface area contributed by atoms with Crippen LogP contribution in [0.4, 0.5) is 11.5 Å². The van der Waals surface area contributed by atoms with Crippen LogP contribution >= 0.6 is 0 Å². The summed E-state index contributed by atoms with van der Waals surface area (Å²) in [6.45, 7) is 7.37. The fourth-order valence-electron chi connectivity index (χ4n) is 2.93. The molecular weight excluding hydrogens is 324 g/mol. The number of fused-ring (bicyclic) bond motifs is 1. The van der Waals surface area contributed by atoms with Gasteiger partial charge in [-0.3, -0.25) is 10.1 Å². The number of ether oxygens (including phenoxy) is 2. The van der Waals surface area contributed by atoms with Crippen LogP contribution in [0.3, 0.4) is 0 Å². The average Bonchev–Trinajstić information content (AvgIpc) is 2.86. The monoisotopic (exact) mass is 346 g/mol. The van der Waals surface area contributed by atoms with Crippen molar-refractivity contribution >= 4 is 11.5 Å². The van der Waals surface area contributed by atoms with E-state index in [1.807, 2.05) is 18.2 Å². The molecule has 0 radical (unpaired) electrons. The number of hydrogen-bond donors (Lipinski definition) is 1. The predicted octanol–water partition coefficient (Wildman–Crippen LogP) is 2.80. The molecule has 8 nitrogen and oxygen atoms in total. The molecule has 0 spiro atoms. The van der Waals surface area contributed by atoms with Crippen molar-refractivity contribution in [3.05, 3.63) is 39.6 Å². The molecule has 2 aromatic rings. The highest BCUT2D eigenvalue weighted by Gasteiger charge is 2.28. The molecule has 3 rings (SSSR count). The molecule has 8 heteroatoms. The van der Waals surface area contributed by atoms with E-state index >= 15 is 0 Å². The van der Waals surface area contributed by atoms with Crippen LogP contribution in [0.25, 0.3) is 0 Å². The van der Waals surface area contributed by atoms with E-state index in [0.29, 0.717) is 31.3 Å². The standard InChI is InChI=1S/C17H22N4O4/c1-11-15(21(22)23)16(20(4)19-11)18-10-17(2,3)12-5-6-13-14(9-12)25-8-7-24-13/h5-6,9,18H,7-8,10H2,1-4H3. The van der Waals surface area contributed by atoms with Gasteiger partial charge in [-0.25, -0.2) is 4.68 Å². The summed E-state index contributed by atoms with van der Waals surface area (Å²) in [5.74, 6) is 1.89. The Morgan fingerprint density at radius 1 is 1.32 bits per heavy atom. The molecule has 0 saturated heterocycles. The molecule has 25 heavy (non-hydrogen) atoms. The molecule has 0 unspecified atom stereocenters. The van der Waals surface area contributed by atoms with Crippen LogP contribution in [0, 0.1) is 17.0 Å². The average molecular weight is 346 g/mol. The Morgan fingerprint density at radius 2 is 2.00 bits per heavy atom. The van der Waals surface area contributed by atoms with Crippen molar-refractivity contribution in [1.29, 1.82) is 0 Å². The summed E-state index contributed by atoms with van der Waals surface area (Å²) in [7, 11) is 1.69. The molecule has 0 saturated carbocycles. The maximum absolute atomic E-state index is 11.3. The van der Waals surface area contributed by atoms with Gasteiger partial charge in [0, 0.05) is 19.0 Å². The number of nitro groups is 1. The van der Waals surface area contributed by atoms with Crippen LogP contribution in [-0.2, 0) is 12.5 Å². The van der Waals surface area contributed by atoms with Gasteiger partial charge in [0.15, 0.2) is 11.5 Å².